The number of hydrogen-bond acceptors (Lipinski definition) is 2. The predicted octanol–water partition coefficient (Wildman–Crippen LogP) is 3.58. The van der Waals surface area contributed by atoms with Crippen LogP contribution in [0.5, 0.6) is 0 Å². The Labute approximate surface area is 105 Å². The van der Waals surface area contributed by atoms with E-state index in [0.29, 0.717) is 6.92 Å². The highest BCUT2D eigenvalue weighted by Crippen LogP contribution is 2.34. The topological polar surface area (TPSA) is 38.0 Å². The summed E-state index contributed by atoms with van der Waals surface area (Å²) < 4.78 is 40.6. The summed E-state index contributed by atoms with van der Waals surface area (Å²) in [5.41, 5.74) is 5.21. The van der Waals surface area contributed by atoms with Crippen LogP contribution in [0.2, 0.25) is 0 Å². The minimum absolute atomic E-state index is 0.117. The van der Waals surface area contributed by atoms with E-state index in [4.69, 9.17) is 5.73 Å². The van der Waals surface area contributed by atoms with Gasteiger partial charge in [-0.15, -0.1) is 0 Å². The van der Waals surface area contributed by atoms with Crippen LogP contribution in [0.25, 0.3) is 0 Å². The molecular formula is C13H19F3N2. The molecule has 3 N–H and O–H groups in total. The van der Waals surface area contributed by atoms with Crippen LogP contribution in [-0.4, -0.2) is 6.04 Å². The monoisotopic (exact) mass is 260 g/mol. The Morgan fingerprint density at radius 1 is 1.22 bits per heavy atom. The molecule has 0 unspecified atom stereocenters. The fraction of sp³-hybridized carbons (Fsp3) is 0.538. The molecule has 0 aliphatic rings. The molecule has 0 bridgehead atoms. The first kappa shape index (κ1) is 14.8. The second-order valence-electron chi connectivity index (χ2n) is 4.90. The summed E-state index contributed by atoms with van der Waals surface area (Å²) in [5.74, 6) is -4.14. The normalized spacial score (nSPS) is 14.0. The van der Waals surface area contributed by atoms with Crippen molar-refractivity contribution in [3.8, 4) is 0 Å². The van der Waals surface area contributed by atoms with E-state index in [0.717, 1.165) is 6.07 Å². The van der Waals surface area contributed by atoms with E-state index in [1.54, 1.807) is 6.92 Å². The van der Waals surface area contributed by atoms with Crippen molar-refractivity contribution in [1.82, 2.24) is 5.32 Å². The number of nitrogens with two attached hydrogens (primary N) is 1. The smallest absolute Gasteiger partial charge is 0.273 e. The first-order chi connectivity index (χ1) is 8.12. The average molecular weight is 260 g/mol. The van der Waals surface area contributed by atoms with Gasteiger partial charge in [-0.25, -0.2) is 13.2 Å². The van der Waals surface area contributed by atoms with Crippen molar-refractivity contribution in [2.24, 2.45) is 0 Å². The molecule has 0 saturated carbocycles. The summed E-state index contributed by atoms with van der Waals surface area (Å²) in [6, 6.07) is 2.12. The van der Waals surface area contributed by atoms with Gasteiger partial charge in [0.2, 0.25) is 0 Å². The van der Waals surface area contributed by atoms with E-state index in [1.165, 1.54) is 6.07 Å². The van der Waals surface area contributed by atoms with Gasteiger partial charge in [-0.05, 0) is 19.1 Å². The molecule has 0 radical (unpaired) electrons. The molecule has 102 valence electrons. The lowest BCUT2D eigenvalue weighted by Gasteiger charge is -2.21. The van der Waals surface area contributed by atoms with E-state index in [2.05, 4.69) is 5.32 Å². The van der Waals surface area contributed by atoms with Crippen LogP contribution in [0.4, 0.5) is 18.9 Å². The molecular weight excluding hydrogens is 241 g/mol. The molecule has 1 aromatic rings. The number of hydrogen-bond donors (Lipinski definition) is 2. The van der Waals surface area contributed by atoms with Crippen LogP contribution in [0.1, 0.15) is 44.9 Å². The summed E-state index contributed by atoms with van der Waals surface area (Å²) in [5, 5.41) is 3.07. The molecule has 0 heterocycles. The summed E-state index contributed by atoms with van der Waals surface area (Å²) in [6.45, 7) is 6.18. The summed E-state index contributed by atoms with van der Waals surface area (Å²) in [6.07, 6.45) is 0. The third-order valence-corrected chi connectivity index (χ3v) is 2.65. The molecule has 0 aromatic heterocycles. The van der Waals surface area contributed by atoms with Crippen molar-refractivity contribution < 1.29 is 13.2 Å². The maximum absolute atomic E-state index is 14.1. The summed E-state index contributed by atoms with van der Waals surface area (Å²) in [4.78, 5) is 0. The highest BCUT2D eigenvalue weighted by molar-refractivity contribution is 5.47. The van der Waals surface area contributed by atoms with Gasteiger partial charge in [0.15, 0.2) is 0 Å². The minimum atomic E-state index is -3.24. The van der Waals surface area contributed by atoms with Crippen molar-refractivity contribution in [2.75, 3.05) is 5.73 Å². The molecule has 0 fully saturated rings. The molecule has 0 spiro atoms. The SMILES string of the molecule is CC(C)N[C@H](C)c1cc(N)cc(C(C)(F)F)c1F. The van der Waals surface area contributed by atoms with Crippen molar-refractivity contribution in [3.63, 3.8) is 0 Å². The Balaban J connectivity index is 3.25. The van der Waals surface area contributed by atoms with Gasteiger partial charge in [-0.1, -0.05) is 13.8 Å². The van der Waals surface area contributed by atoms with Crippen molar-refractivity contribution in [3.05, 3.63) is 29.1 Å². The lowest BCUT2D eigenvalue weighted by atomic mass is 9.99. The minimum Gasteiger partial charge on any atom is -0.399 e. The fourth-order valence-electron chi connectivity index (χ4n) is 1.89. The number of nitrogens with one attached hydrogen (secondary N) is 1. The molecule has 1 atom stereocenters. The molecule has 0 aliphatic heterocycles. The zero-order valence-corrected chi connectivity index (χ0v) is 11.0. The standard InChI is InChI=1S/C13H19F3N2/c1-7(2)18-8(3)10-5-9(17)6-11(12(10)14)13(4,15)16/h5-8,18H,17H2,1-4H3/t8-/m1/s1. The van der Waals surface area contributed by atoms with Gasteiger partial charge in [0.05, 0.1) is 5.56 Å². The Bertz CT molecular complexity index is 425. The van der Waals surface area contributed by atoms with Crippen molar-refractivity contribution >= 4 is 5.69 Å². The first-order valence-corrected chi connectivity index (χ1v) is 5.86. The zero-order valence-electron chi connectivity index (χ0n) is 11.0. The molecule has 0 amide bonds. The van der Waals surface area contributed by atoms with Gasteiger partial charge in [0.1, 0.15) is 5.82 Å². The van der Waals surface area contributed by atoms with E-state index in [1.807, 2.05) is 13.8 Å². The van der Waals surface area contributed by atoms with Crippen LogP contribution in [0.15, 0.2) is 12.1 Å². The summed E-state index contributed by atoms with van der Waals surface area (Å²) in [7, 11) is 0. The van der Waals surface area contributed by atoms with Gasteiger partial charge in [-0.3, -0.25) is 0 Å². The van der Waals surface area contributed by atoms with Crippen LogP contribution in [-0.2, 0) is 5.92 Å². The average Bonchev–Trinajstić information content (AvgIpc) is 2.18. The predicted molar refractivity (Wildman–Crippen MR) is 67.1 cm³/mol. The number of halogens is 3. The second-order valence-corrected chi connectivity index (χ2v) is 4.90. The quantitative estimate of drug-likeness (QED) is 0.812. The first-order valence-electron chi connectivity index (χ1n) is 5.86. The number of anilines is 1. The van der Waals surface area contributed by atoms with Crippen LogP contribution in [0.3, 0.4) is 0 Å². The molecule has 2 nitrogen and oxygen atoms in total. The Morgan fingerprint density at radius 3 is 2.22 bits per heavy atom. The fourth-order valence-corrected chi connectivity index (χ4v) is 1.89. The Morgan fingerprint density at radius 2 is 1.78 bits per heavy atom. The second kappa shape index (κ2) is 5.18. The van der Waals surface area contributed by atoms with Gasteiger partial charge >= 0.3 is 0 Å². The van der Waals surface area contributed by atoms with Crippen LogP contribution >= 0.6 is 0 Å². The number of alkyl halides is 2. The molecule has 0 aliphatic carbocycles. The Kier molecular flexibility index (Phi) is 4.27. The van der Waals surface area contributed by atoms with E-state index < -0.39 is 17.3 Å². The van der Waals surface area contributed by atoms with Gasteiger partial charge in [0.25, 0.3) is 5.92 Å². The lowest BCUT2D eigenvalue weighted by Crippen LogP contribution is -2.27. The van der Waals surface area contributed by atoms with Gasteiger partial charge in [0, 0.05) is 30.3 Å². The molecule has 0 saturated heterocycles. The van der Waals surface area contributed by atoms with Gasteiger partial charge in [-0.2, -0.15) is 0 Å². The van der Waals surface area contributed by atoms with E-state index in [-0.39, 0.29) is 23.3 Å². The lowest BCUT2D eigenvalue weighted by molar-refractivity contribution is 0.0136. The van der Waals surface area contributed by atoms with Crippen LogP contribution in [0, 0.1) is 5.82 Å². The highest BCUT2D eigenvalue weighted by atomic mass is 19.3. The largest absolute Gasteiger partial charge is 0.399 e. The highest BCUT2D eigenvalue weighted by Gasteiger charge is 2.31. The maximum Gasteiger partial charge on any atom is 0.273 e. The number of benzene rings is 1. The molecule has 1 aromatic carbocycles. The summed E-state index contributed by atoms with van der Waals surface area (Å²) >= 11 is 0. The zero-order chi connectivity index (χ0) is 14.1. The maximum atomic E-state index is 14.1. The molecule has 18 heavy (non-hydrogen) atoms. The Hall–Kier alpha value is -1.23. The van der Waals surface area contributed by atoms with Gasteiger partial charge < -0.3 is 11.1 Å². The van der Waals surface area contributed by atoms with Crippen molar-refractivity contribution in [2.45, 2.75) is 45.7 Å². The number of nitrogen functional groups attached to an aromatic ring is 1. The molecule has 1 rings (SSSR count). The van der Waals surface area contributed by atoms with E-state index in [9.17, 15) is 13.2 Å². The van der Waals surface area contributed by atoms with E-state index >= 15 is 0 Å². The van der Waals surface area contributed by atoms with Crippen molar-refractivity contribution in [1.29, 1.82) is 0 Å². The number of rotatable bonds is 4. The molecule has 5 heteroatoms. The third-order valence-electron chi connectivity index (χ3n) is 2.65. The third kappa shape index (κ3) is 3.38. The van der Waals surface area contributed by atoms with Crippen LogP contribution < -0.4 is 11.1 Å².